The molecule has 150 valence electrons. The molecule has 1 N–H and O–H groups in total. The molecule has 0 radical (unpaired) electrons. The standard InChI is InChI=1S/C25H26O4/c26-25(27)16-13-21-11-14-23(15-12-21)29-19-22-8-4-10-24(18-22)28-17-5-9-20-6-2-1-3-7-20/h1-4,6-8,10-12,14-15,18H,5,9,13,16-17,19H2,(H,26,27). The Morgan fingerprint density at radius 3 is 2.21 bits per heavy atom. The lowest BCUT2D eigenvalue weighted by atomic mass is 10.1. The molecule has 0 aliphatic heterocycles. The number of hydrogen-bond donors (Lipinski definition) is 1. The number of carboxylic acids is 1. The zero-order chi connectivity index (χ0) is 20.3. The van der Waals surface area contributed by atoms with Crippen LogP contribution < -0.4 is 9.47 Å². The molecule has 4 heteroatoms. The van der Waals surface area contributed by atoms with Crippen molar-refractivity contribution in [1.82, 2.24) is 0 Å². The summed E-state index contributed by atoms with van der Waals surface area (Å²) >= 11 is 0. The second-order valence-corrected chi connectivity index (χ2v) is 6.91. The van der Waals surface area contributed by atoms with E-state index in [-0.39, 0.29) is 6.42 Å². The number of benzene rings is 3. The van der Waals surface area contributed by atoms with Crippen molar-refractivity contribution in [3.63, 3.8) is 0 Å². The van der Waals surface area contributed by atoms with Crippen LogP contribution in [-0.2, 0) is 24.2 Å². The molecule has 0 heterocycles. The predicted octanol–water partition coefficient (Wildman–Crippen LogP) is 5.29. The van der Waals surface area contributed by atoms with Crippen molar-refractivity contribution in [2.75, 3.05) is 6.61 Å². The Labute approximate surface area is 171 Å². The van der Waals surface area contributed by atoms with E-state index in [1.807, 2.05) is 54.6 Å². The molecule has 0 fully saturated rings. The number of ether oxygens (including phenoxy) is 2. The quantitative estimate of drug-likeness (QED) is 0.452. The van der Waals surface area contributed by atoms with Crippen molar-refractivity contribution in [2.24, 2.45) is 0 Å². The molecule has 3 aromatic carbocycles. The van der Waals surface area contributed by atoms with Gasteiger partial charge in [0.05, 0.1) is 6.61 Å². The van der Waals surface area contributed by atoms with Crippen molar-refractivity contribution in [3.05, 3.63) is 95.6 Å². The third kappa shape index (κ3) is 7.34. The van der Waals surface area contributed by atoms with Gasteiger partial charge >= 0.3 is 5.97 Å². The van der Waals surface area contributed by atoms with Gasteiger partial charge in [0.2, 0.25) is 0 Å². The largest absolute Gasteiger partial charge is 0.494 e. The molecule has 29 heavy (non-hydrogen) atoms. The van der Waals surface area contributed by atoms with Gasteiger partial charge in [-0.2, -0.15) is 0 Å². The fourth-order valence-electron chi connectivity index (χ4n) is 3.01. The predicted molar refractivity (Wildman–Crippen MR) is 113 cm³/mol. The first kappa shape index (κ1) is 20.5. The summed E-state index contributed by atoms with van der Waals surface area (Å²) in [6.45, 7) is 1.13. The minimum absolute atomic E-state index is 0.137. The molecular weight excluding hydrogens is 364 g/mol. The first-order chi connectivity index (χ1) is 14.2. The zero-order valence-corrected chi connectivity index (χ0v) is 16.4. The van der Waals surface area contributed by atoms with Gasteiger partial charge in [-0.05, 0) is 60.2 Å². The summed E-state index contributed by atoms with van der Waals surface area (Å²) in [5.74, 6) is 0.828. The van der Waals surface area contributed by atoms with Gasteiger partial charge in [-0.1, -0.05) is 54.6 Å². The number of rotatable bonds is 11. The molecule has 3 rings (SSSR count). The van der Waals surface area contributed by atoms with E-state index in [9.17, 15) is 4.79 Å². The Morgan fingerprint density at radius 2 is 1.45 bits per heavy atom. The van der Waals surface area contributed by atoms with Crippen LogP contribution in [0.25, 0.3) is 0 Å². The minimum Gasteiger partial charge on any atom is -0.494 e. The Bertz CT molecular complexity index is 888. The van der Waals surface area contributed by atoms with Crippen molar-refractivity contribution in [1.29, 1.82) is 0 Å². The van der Waals surface area contributed by atoms with E-state index in [1.54, 1.807) is 0 Å². The summed E-state index contributed by atoms with van der Waals surface area (Å²) in [4.78, 5) is 10.6. The average Bonchev–Trinajstić information content (AvgIpc) is 2.75. The number of aliphatic carboxylic acids is 1. The number of carbonyl (C=O) groups is 1. The van der Waals surface area contributed by atoms with Crippen LogP contribution in [0.2, 0.25) is 0 Å². The highest BCUT2D eigenvalue weighted by Crippen LogP contribution is 2.18. The van der Waals surface area contributed by atoms with Crippen molar-refractivity contribution >= 4 is 5.97 Å². The van der Waals surface area contributed by atoms with Gasteiger partial charge in [-0.15, -0.1) is 0 Å². The van der Waals surface area contributed by atoms with E-state index in [0.717, 1.165) is 35.5 Å². The molecule has 0 saturated heterocycles. The van der Waals surface area contributed by atoms with Crippen molar-refractivity contribution < 1.29 is 19.4 Å². The lowest BCUT2D eigenvalue weighted by molar-refractivity contribution is -0.136. The van der Waals surface area contributed by atoms with E-state index in [2.05, 4.69) is 24.3 Å². The summed E-state index contributed by atoms with van der Waals surface area (Å²) in [6, 6.07) is 25.9. The fourth-order valence-corrected chi connectivity index (χ4v) is 3.01. The Hall–Kier alpha value is -3.27. The maximum absolute atomic E-state index is 10.6. The van der Waals surface area contributed by atoms with E-state index >= 15 is 0 Å². The maximum atomic E-state index is 10.6. The second kappa shape index (κ2) is 10.9. The smallest absolute Gasteiger partial charge is 0.303 e. The van der Waals surface area contributed by atoms with Crippen LogP contribution in [0.15, 0.2) is 78.9 Å². The third-order valence-corrected chi connectivity index (χ3v) is 4.58. The normalized spacial score (nSPS) is 10.5. The third-order valence-electron chi connectivity index (χ3n) is 4.58. The molecule has 0 bridgehead atoms. The number of aryl methyl sites for hydroxylation is 2. The lowest BCUT2D eigenvalue weighted by Gasteiger charge is -2.10. The fraction of sp³-hybridized carbons (Fsp3) is 0.240. The molecule has 0 atom stereocenters. The lowest BCUT2D eigenvalue weighted by Crippen LogP contribution is -2.01. The summed E-state index contributed by atoms with van der Waals surface area (Å²) in [6.07, 6.45) is 2.64. The maximum Gasteiger partial charge on any atom is 0.303 e. The van der Waals surface area contributed by atoms with Crippen LogP contribution in [0.4, 0.5) is 0 Å². The van der Waals surface area contributed by atoms with Gasteiger partial charge in [0, 0.05) is 6.42 Å². The summed E-state index contributed by atoms with van der Waals surface area (Å²) in [5, 5.41) is 8.75. The molecule has 3 aromatic rings. The van der Waals surface area contributed by atoms with Gasteiger partial charge in [0.1, 0.15) is 18.1 Å². The Balaban J connectivity index is 1.42. The van der Waals surface area contributed by atoms with E-state index in [4.69, 9.17) is 14.6 Å². The van der Waals surface area contributed by atoms with E-state index < -0.39 is 5.97 Å². The van der Waals surface area contributed by atoms with Gasteiger partial charge < -0.3 is 14.6 Å². The first-order valence-corrected chi connectivity index (χ1v) is 9.88. The first-order valence-electron chi connectivity index (χ1n) is 9.88. The summed E-state index contributed by atoms with van der Waals surface area (Å²) < 4.78 is 11.7. The van der Waals surface area contributed by atoms with E-state index in [1.165, 1.54) is 5.56 Å². The Morgan fingerprint density at radius 1 is 0.724 bits per heavy atom. The van der Waals surface area contributed by atoms with Crippen LogP contribution in [-0.4, -0.2) is 17.7 Å². The average molecular weight is 390 g/mol. The van der Waals surface area contributed by atoms with Gasteiger partial charge in [0.15, 0.2) is 0 Å². The van der Waals surface area contributed by atoms with Crippen LogP contribution in [0.1, 0.15) is 29.5 Å². The van der Waals surface area contributed by atoms with Gasteiger partial charge in [0.25, 0.3) is 0 Å². The minimum atomic E-state index is -0.785. The molecular formula is C25H26O4. The topological polar surface area (TPSA) is 55.8 Å². The Kier molecular flexibility index (Phi) is 7.70. The highest BCUT2D eigenvalue weighted by Gasteiger charge is 2.02. The molecule has 0 aliphatic carbocycles. The molecule has 0 amide bonds. The second-order valence-electron chi connectivity index (χ2n) is 6.91. The molecule has 0 spiro atoms. The zero-order valence-electron chi connectivity index (χ0n) is 16.4. The number of hydrogen-bond acceptors (Lipinski definition) is 3. The molecule has 4 nitrogen and oxygen atoms in total. The highest BCUT2D eigenvalue weighted by atomic mass is 16.5. The molecule has 0 unspecified atom stereocenters. The SMILES string of the molecule is O=C(O)CCc1ccc(OCc2cccc(OCCCc3ccccc3)c2)cc1. The van der Waals surface area contributed by atoms with Gasteiger partial charge in [-0.3, -0.25) is 4.79 Å². The molecule has 0 aromatic heterocycles. The van der Waals surface area contributed by atoms with Crippen LogP contribution in [0.3, 0.4) is 0 Å². The molecule has 0 aliphatic rings. The number of carboxylic acid groups (broad SMARTS) is 1. The van der Waals surface area contributed by atoms with Gasteiger partial charge in [-0.25, -0.2) is 0 Å². The highest BCUT2D eigenvalue weighted by molar-refractivity contribution is 5.67. The monoisotopic (exact) mass is 390 g/mol. The van der Waals surface area contributed by atoms with Crippen LogP contribution in [0.5, 0.6) is 11.5 Å². The van der Waals surface area contributed by atoms with E-state index in [0.29, 0.717) is 19.6 Å². The van der Waals surface area contributed by atoms with Crippen molar-refractivity contribution in [2.45, 2.75) is 32.3 Å². The summed E-state index contributed by atoms with van der Waals surface area (Å²) in [5.41, 5.74) is 3.36. The van der Waals surface area contributed by atoms with Crippen LogP contribution >= 0.6 is 0 Å². The molecule has 0 saturated carbocycles. The van der Waals surface area contributed by atoms with Crippen molar-refractivity contribution in [3.8, 4) is 11.5 Å². The van der Waals surface area contributed by atoms with Crippen LogP contribution in [0, 0.1) is 0 Å². The summed E-state index contributed by atoms with van der Waals surface area (Å²) in [7, 11) is 0.